The van der Waals surface area contributed by atoms with Crippen LogP contribution >= 0.6 is 0 Å². The normalized spacial score (nSPS) is 22.8. The Bertz CT molecular complexity index is 496. The van der Waals surface area contributed by atoms with Crippen molar-refractivity contribution >= 4 is 17.5 Å². The van der Waals surface area contributed by atoms with Crippen molar-refractivity contribution in [2.24, 2.45) is 23.5 Å². The first-order valence-corrected chi connectivity index (χ1v) is 8.09. The quantitative estimate of drug-likeness (QED) is 0.847. The highest BCUT2D eigenvalue weighted by atomic mass is 16.2. The van der Waals surface area contributed by atoms with E-state index in [1.165, 1.54) is 0 Å². The fraction of sp³-hybridized carbons (Fsp3) is 0.588. The molecule has 3 N–H and O–H groups in total. The first-order chi connectivity index (χ1) is 10.6. The third kappa shape index (κ3) is 4.55. The molecule has 0 radical (unpaired) electrons. The van der Waals surface area contributed by atoms with Gasteiger partial charge in [-0.25, -0.2) is 0 Å². The Hall–Kier alpha value is -1.91. The number of primary amides is 1. The molecule has 0 saturated heterocycles. The van der Waals surface area contributed by atoms with E-state index in [4.69, 9.17) is 5.73 Å². The Morgan fingerprint density at radius 2 is 1.91 bits per heavy atom. The Morgan fingerprint density at radius 3 is 2.45 bits per heavy atom. The third-order valence-corrected chi connectivity index (χ3v) is 4.74. The lowest BCUT2D eigenvalue weighted by Crippen LogP contribution is -2.30. The molecule has 1 saturated carbocycles. The zero-order valence-electron chi connectivity index (χ0n) is 13.1. The molecule has 1 aliphatic rings. The van der Waals surface area contributed by atoms with Gasteiger partial charge in [0, 0.05) is 30.4 Å². The molecule has 1 heterocycles. The summed E-state index contributed by atoms with van der Waals surface area (Å²) < 4.78 is 0. The molecule has 0 aromatic carbocycles. The lowest BCUT2D eigenvalue weighted by Gasteiger charge is -2.32. The summed E-state index contributed by atoms with van der Waals surface area (Å²) in [5.74, 6) is 0.816. The monoisotopic (exact) mass is 303 g/mol. The summed E-state index contributed by atoms with van der Waals surface area (Å²) >= 11 is 0. The summed E-state index contributed by atoms with van der Waals surface area (Å²) in [5, 5.41) is 2.95. The van der Waals surface area contributed by atoms with Crippen LogP contribution in [0.5, 0.6) is 0 Å². The number of rotatable bonds is 6. The Kier molecular flexibility index (Phi) is 5.92. The minimum atomic E-state index is -0.218. The fourth-order valence-electron chi connectivity index (χ4n) is 3.44. The Morgan fingerprint density at radius 1 is 1.27 bits per heavy atom. The largest absolute Gasteiger partial charge is 0.370 e. The maximum atomic E-state index is 12.3. The molecular weight excluding hydrogens is 278 g/mol. The van der Waals surface area contributed by atoms with E-state index in [1.54, 1.807) is 24.5 Å². The minimum absolute atomic E-state index is 0.0653. The van der Waals surface area contributed by atoms with E-state index in [1.807, 2.05) is 0 Å². The van der Waals surface area contributed by atoms with E-state index in [9.17, 15) is 9.59 Å². The molecule has 120 valence electrons. The molecule has 5 heteroatoms. The van der Waals surface area contributed by atoms with Crippen LogP contribution in [0.15, 0.2) is 24.5 Å². The van der Waals surface area contributed by atoms with E-state index in [0.717, 1.165) is 37.8 Å². The molecule has 0 aliphatic heterocycles. The van der Waals surface area contributed by atoms with Gasteiger partial charge in [-0.15, -0.1) is 0 Å². The van der Waals surface area contributed by atoms with E-state index in [-0.39, 0.29) is 17.7 Å². The van der Waals surface area contributed by atoms with Gasteiger partial charge in [0.2, 0.25) is 11.8 Å². The maximum Gasteiger partial charge on any atom is 0.227 e. The number of nitrogens with zero attached hydrogens (tertiary/aromatic N) is 1. The van der Waals surface area contributed by atoms with Crippen LogP contribution in [0.2, 0.25) is 0 Å². The number of hydrogen-bond donors (Lipinski definition) is 2. The molecule has 2 amide bonds. The molecule has 1 aromatic heterocycles. The van der Waals surface area contributed by atoms with Crippen LogP contribution in [0, 0.1) is 17.8 Å². The molecular formula is C17H25N3O2. The topological polar surface area (TPSA) is 85.1 Å². The summed E-state index contributed by atoms with van der Waals surface area (Å²) in [7, 11) is 0. The van der Waals surface area contributed by atoms with Gasteiger partial charge in [-0.2, -0.15) is 0 Å². The van der Waals surface area contributed by atoms with Crippen molar-refractivity contribution < 1.29 is 9.59 Å². The van der Waals surface area contributed by atoms with Gasteiger partial charge >= 0.3 is 0 Å². The third-order valence-electron chi connectivity index (χ3n) is 4.74. The first kappa shape index (κ1) is 16.5. The molecule has 1 aliphatic carbocycles. The number of aromatic nitrogens is 1. The van der Waals surface area contributed by atoms with Crippen molar-refractivity contribution in [3.8, 4) is 0 Å². The van der Waals surface area contributed by atoms with Crippen molar-refractivity contribution in [1.82, 2.24) is 4.98 Å². The number of carbonyl (C=O) groups excluding carboxylic acids is 2. The SMILES string of the molecule is CCC(CC(N)=O)C1CCC(C(=O)Nc2ccncc2)CC1. The Labute approximate surface area is 131 Å². The zero-order chi connectivity index (χ0) is 15.9. The van der Waals surface area contributed by atoms with E-state index < -0.39 is 0 Å². The average molecular weight is 303 g/mol. The summed E-state index contributed by atoms with van der Waals surface area (Å²) in [6.07, 6.45) is 8.55. The van der Waals surface area contributed by atoms with Gasteiger partial charge in [-0.1, -0.05) is 13.3 Å². The van der Waals surface area contributed by atoms with Crippen LogP contribution < -0.4 is 11.1 Å². The van der Waals surface area contributed by atoms with Crippen LogP contribution in [-0.2, 0) is 9.59 Å². The zero-order valence-corrected chi connectivity index (χ0v) is 13.1. The van der Waals surface area contributed by atoms with E-state index >= 15 is 0 Å². The standard InChI is InChI=1S/C17H25N3O2/c1-2-12(11-16(18)21)13-3-5-14(6-4-13)17(22)20-15-7-9-19-10-8-15/h7-10,12-14H,2-6,11H2,1H3,(H2,18,21)(H,19,20,22). The summed E-state index contributed by atoms with van der Waals surface area (Å²) in [6, 6.07) is 3.59. The van der Waals surface area contributed by atoms with Gasteiger partial charge in [0.05, 0.1) is 0 Å². The van der Waals surface area contributed by atoms with Gasteiger partial charge < -0.3 is 11.1 Å². The first-order valence-electron chi connectivity index (χ1n) is 8.09. The number of amides is 2. The molecule has 1 aromatic rings. The van der Waals surface area contributed by atoms with Crippen LogP contribution in [-0.4, -0.2) is 16.8 Å². The van der Waals surface area contributed by atoms with Crippen molar-refractivity contribution in [3.63, 3.8) is 0 Å². The van der Waals surface area contributed by atoms with Gasteiger partial charge in [-0.05, 0) is 49.7 Å². The second kappa shape index (κ2) is 7.92. The highest BCUT2D eigenvalue weighted by Gasteiger charge is 2.30. The van der Waals surface area contributed by atoms with Crippen LogP contribution in [0.1, 0.15) is 45.4 Å². The van der Waals surface area contributed by atoms with Crippen molar-refractivity contribution in [2.45, 2.75) is 45.4 Å². The number of hydrogen-bond acceptors (Lipinski definition) is 3. The Balaban J connectivity index is 1.83. The maximum absolute atomic E-state index is 12.3. The number of nitrogens with one attached hydrogen (secondary N) is 1. The second-order valence-electron chi connectivity index (χ2n) is 6.18. The fourth-order valence-corrected chi connectivity index (χ4v) is 3.44. The van der Waals surface area contributed by atoms with Crippen LogP contribution in [0.4, 0.5) is 5.69 Å². The number of nitrogens with two attached hydrogens (primary N) is 1. The van der Waals surface area contributed by atoms with E-state index in [0.29, 0.717) is 18.3 Å². The van der Waals surface area contributed by atoms with Gasteiger partial charge in [-0.3, -0.25) is 14.6 Å². The number of anilines is 1. The summed E-state index contributed by atoms with van der Waals surface area (Å²) in [4.78, 5) is 27.4. The van der Waals surface area contributed by atoms with Crippen molar-refractivity contribution in [2.75, 3.05) is 5.32 Å². The van der Waals surface area contributed by atoms with E-state index in [2.05, 4.69) is 17.2 Å². The highest BCUT2D eigenvalue weighted by Crippen LogP contribution is 2.36. The molecule has 1 fully saturated rings. The lowest BCUT2D eigenvalue weighted by molar-refractivity contribution is -0.122. The molecule has 22 heavy (non-hydrogen) atoms. The average Bonchev–Trinajstić information content (AvgIpc) is 2.53. The molecule has 0 bridgehead atoms. The predicted molar refractivity (Wildman–Crippen MR) is 85.9 cm³/mol. The molecule has 1 atom stereocenters. The second-order valence-corrected chi connectivity index (χ2v) is 6.18. The highest BCUT2D eigenvalue weighted by molar-refractivity contribution is 5.92. The minimum Gasteiger partial charge on any atom is -0.370 e. The smallest absolute Gasteiger partial charge is 0.227 e. The molecule has 2 rings (SSSR count). The van der Waals surface area contributed by atoms with Crippen LogP contribution in [0.25, 0.3) is 0 Å². The van der Waals surface area contributed by atoms with Gasteiger partial charge in [0.15, 0.2) is 0 Å². The predicted octanol–water partition coefficient (Wildman–Crippen LogP) is 2.73. The molecule has 1 unspecified atom stereocenters. The summed E-state index contributed by atoms with van der Waals surface area (Å²) in [6.45, 7) is 2.11. The summed E-state index contributed by atoms with van der Waals surface area (Å²) in [5.41, 5.74) is 6.12. The molecule has 5 nitrogen and oxygen atoms in total. The van der Waals surface area contributed by atoms with Gasteiger partial charge in [0.25, 0.3) is 0 Å². The lowest BCUT2D eigenvalue weighted by atomic mass is 9.73. The van der Waals surface area contributed by atoms with Crippen molar-refractivity contribution in [3.05, 3.63) is 24.5 Å². The van der Waals surface area contributed by atoms with Gasteiger partial charge in [0.1, 0.15) is 0 Å². The van der Waals surface area contributed by atoms with Crippen molar-refractivity contribution in [1.29, 1.82) is 0 Å². The molecule has 0 spiro atoms. The number of carbonyl (C=O) groups is 2. The van der Waals surface area contributed by atoms with Crippen LogP contribution in [0.3, 0.4) is 0 Å². The number of pyridine rings is 1.